The maximum Gasteiger partial charge on any atom is 0.111 e. The Labute approximate surface area is 143 Å². The van der Waals surface area contributed by atoms with E-state index >= 15 is 0 Å². The monoisotopic (exact) mass is 382 g/mol. The average Bonchev–Trinajstić information content (AvgIpc) is 2.62. The second-order valence-corrected chi connectivity index (χ2v) is 4.96. The summed E-state index contributed by atoms with van der Waals surface area (Å²) in [4.78, 5) is 0. The zero-order chi connectivity index (χ0) is 19.4. The van der Waals surface area contributed by atoms with Gasteiger partial charge in [-0.2, -0.15) is 0 Å². The first-order chi connectivity index (χ1) is 11.1. The largest absolute Gasteiger partial charge is 0.412 e. The highest BCUT2D eigenvalue weighted by atomic mass is 16.4. The summed E-state index contributed by atoms with van der Waals surface area (Å²) in [6, 6.07) is 0. The Kier molecular flexibility index (Phi) is 18.4. The zero-order valence-corrected chi connectivity index (χ0v) is 13.3. The number of aliphatic hydroxyl groups is 12. The molecule has 14 N–H and O–H groups in total. The van der Waals surface area contributed by atoms with E-state index in [1.807, 2.05) is 0 Å². The minimum Gasteiger partial charge on any atom is -0.412 e. The topological polar surface area (TPSA) is 274 Å². The molecule has 0 radical (unpaired) electrons. The van der Waals surface area contributed by atoms with Crippen LogP contribution in [-0.2, 0) is 0 Å². The first-order valence-electron chi connectivity index (χ1n) is 6.96. The van der Waals surface area contributed by atoms with Gasteiger partial charge in [-0.3, -0.25) is 0 Å². The van der Waals surface area contributed by atoms with E-state index in [0.717, 1.165) is 0 Å². The van der Waals surface area contributed by atoms with Crippen molar-refractivity contribution >= 4 is 0 Å². The van der Waals surface area contributed by atoms with E-state index in [1.165, 1.54) is 0 Å². The van der Waals surface area contributed by atoms with Crippen molar-refractivity contribution in [2.24, 2.45) is 0 Å². The molecule has 0 bridgehead atoms. The summed E-state index contributed by atoms with van der Waals surface area (Å²) in [6.07, 6.45) is -12.8. The average molecular weight is 382 g/mol. The third-order valence-corrected chi connectivity index (χ3v) is 3.02. The Balaban J connectivity index is -0.000000372. The predicted molar refractivity (Wildman–Crippen MR) is 80.0 cm³/mol. The summed E-state index contributed by atoms with van der Waals surface area (Å²) in [5.74, 6) is 0. The minimum absolute atomic E-state index is 0. The minimum atomic E-state index is -1.67. The summed E-state index contributed by atoms with van der Waals surface area (Å²) in [7, 11) is 0. The molecule has 13 nitrogen and oxygen atoms in total. The lowest BCUT2D eigenvalue weighted by Crippen LogP contribution is -2.46. The second-order valence-electron chi connectivity index (χ2n) is 4.96. The Hall–Kier alpha value is -0.520. The van der Waals surface area contributed by atoms with Gasteiger partial charge in [-0.15, -0.1) is 0 Å². The van der Waals surface area contributed by atoms with Gasteiger partial charge in [-0.05, 0) is 0 Å². The van der Waals surface area contributed by atoms with Crippen LogP contribution < -0.4 is 0 Å². The van der Waals surface area contributed by atoms with E-state index in [2.05, 4.69) is 0 Å². The van der Waals surface area contributed by atoms with Crippen molar-refractivity contribution in [2.75, 3.05) is 26.4 Å². The van der Waals surface area contributed by atoms with Crippen molar-refractivity contribution in [3.8, 4) is 0 Å². The first kappa shape index (κ1) is 29.3. The van der Waals surface area contributed by atoms with Crippen molar-refractivity contribution in [3.05, 3.63) is 0 Å². The van der Waals surface area contributed by atoms with Crippen molar-refractivity contribution in [2.45, 2.75) is 48.8 Å². The Morgan fingerprint density at radius 1 is 0.360 bits per heavy atom. The van der Waals surface area contributed by atoms with Gasteiger partial charge in [0.05, 0.1) is 26.4 Å². The Morgan fingerprint density at radius 3 is 0.560 bits per heavy atom. The van der Waals surface area contributed by atoms with Crippen molar-refractivity contribution in [1.82, 2.24) is 0 Å². The van der Waals surface area contributed by atoms with Gasteiger partial charge < -0.3 is 66.8 Å². The molecule has 0 spiro atoms. The number of rotatable bonds is 10. The second kappa shape index (κ2) is 15.7. The highest BCUT2D eigenvalue weighted by molar-refractivity contribution is 4.80. The molecule has 25 heavy (non-hydrogen) atoms. The van der Waals surface area contributed by atoms with Gasteiger partial charge in [-0.1, -0.05) is 0 Å². The molecule has 0 aromatic heterocycles. The summed E-state index contributed by atoms with van der Waals surface area (Å²) in [6.45, 7) is -2.90. The van der Waals surface area contributed by atoms with Gasteiger partial charge in [0.15, 0.2) is 0 Å². The Bertz CT molecular complexity index is 238. The van der Waals surface area contributed by atoms with Crippen molar-refractivity contribution in [1.29, 1.82) is 0 Å². The third-order valence-electron chi connectivity index (χ3n) is 3.02. The number of hydrogen-bond acceptors (Lipinski definition) is 12. The van der Waals surface area contributed by atoms with E-state index in [0.29, 0.717) is 0 Å². The molecular weight excluding hydrogens is 352 g/mol. The standard InChI is InChI=1S/2C6H14O6.H2O/c2*7-1-3(9)5(11)6(12)4(10)2-8;/h2*3-12H,1-2H2;1H2/t2*3-,4+,5-,6-;/m11./s1. The molecule has 0 aromatic carbocycles. The van der Waals surface area contributed by atoms with Crippen LogP contribution in [0.4, 0.5) is 0 Å². The SMILES string of the molecule is O.OC[C@@H](O)[C@@H](O)[C@H](O)[C@@H](O)CO.OC[C@@H](O)[C@@H](O)[C@H](O)[C@@H](O)CO. The summed E-state index contributed by atoms with van der Waals surface area (Å²) in [5.41, 5.74) is 0. The highest BCUT2D eigenvalue weighted by Gasteiger charge is 2.30. The molecule has 0 rings (SSSR count). The maximum atomic E-state index is 8.96. The third kappa shape index (κ3) is 10.9. The van der Waals surface area contributed by atoms with Gasteiger partial charge in [-0.25, -0.2) is 0 Å². The van der Waals surface area contributed by atoms with E-state index in [4.69, 9.17) is 61.3 Å². The van der Waals surface area contributed by atoms with Gasteiger partial charge in [0.2, 0.25) is 0 Å². The van der Waals surface area contributed by atoms with E-state index in [1.54, 1.807) is 0 Å². The molecule has 13 heteroatoms. The number of aliphatic hydroxyl groups excluding tert-OH is 12. The van der Waals surface area contributed by atoms with Gasteiger partial charge in [0.1, 0.15) is 48.8 Å². The van der Waals surface area contributed by atoms with Crippen LogP contribution >= 0.6 is 0 Å². The van der Waals surface area contributed by atoms with Crippen LogP contribution in [0.15, 0.2) is 0 Å². The van der Waals surface area contributed by atoms with Crippen LogP contribution in [0.3, 0.4) is 0 Å². The Morgan fingerprint density at radius 2 is 0.480 bits per heavy atom. The molecule has 0 aromatic rings. The predicted octanol–water partition coefficient (Wildman–Crippen LogP) is -8.00. The molecule has 0 heterocycles. The van der Waals surface area contributed by atoms with Gasteiger partial charge in [0.25, 0.3) is 0 Å². The quantitative estimate of drug-likeness (QED) is 0.168. The van der Waals surface area contributed by atoms with Crippen LogP contribution in [-0.4, -0.2) is 142 Å². The smallest absolute Gasteiger partial charge is 0.111 e. The molecule has 0 saturated heterocycles. The normalized spacial score (nSPS) is 20.6. The molecule has 0 aliphatic carbocycles. The van der Waals surface area contributed by atoms with Crippen molar-refractivity contribution < 1.29 is 66.8 Å². The van der Waals surface area contributed by atoms with Gasteiger partial charge in [0, 0.05) is 0 Å². The fraction of sp³-hybridized carbons (Fsp3) is 1.00. The zero-order valence-electron chi connectivity index (χ0n) is 13.3. The van der Waals surface area contributed by atoms with Crippen molar-refractivity contribution in [3.63, 3.8) is 0 Å². The number of hydrogen-bond donors (Lipinski definition) is 12. The van der Waals surface area contributed by atoms with E-state index < -0.39 is 75.3 Å². The molecular formula is C12H30O13. The lowest BCUT2D eigenvalue weighted by atomic mass is 10.0. The molecule has 156 valence electrons. The lowest BCUT2D eigenvalue weighted by molar-refractivity contribution is -0.123. The van der Waals surface area contributed by atoms with Crippen LogP contribution in [0.2, 0.25) is 0 Å². The van der Waals surface area contributed by atoms with E-state index in [9.17, 15) is 0 Å². The fourth-order valence-electron chi connectivity index (χ4n) is 1.34. The fourth-order valence-corrected chi connectivity index (χ4v) is 1.34. The van der Waals surface area contributed by atoms with Crippen LogP contribution in [0, 0.1) is 0 Å². The summed E-state index contributed by atoms with van der Waals surface area (Å²) >= 11 is 0. The lowest BCUT2D eigenvalue weighted by Gasteiger charge is -2.24. The van der Waals surface area contributed by atoms with Gasteiger partial charge >= 0.3 is 0 Å². The van der Waals surface area contributed by atoms with Crippen LogP contribution in [0.5, 0.6) is 0 Å². The molecule has 0 aliphatic rings. The highest BCUT2D eigenvalue weighted by Crippen LogP contribution is 2.04. The molecule has 0 unspecified atom stereocenters. The molecule has 0 saturated carbocycles. The van der Waals surface area contributed by atoms with Crippen LogP contribution in [0.25, 0.3) is 0 Å². The molecule has 0 aliphatic heterocycles. The first-order valence-corrected chi connectivity index (χ1v) is 6.96. The maximum absolute atomic E-state index is 8.96. The van der Waals surface area contributed by atoms with Crippen LogP contribution in [0.1, 0.15) is 0 Å². The summed E-state index contributed by atoms with van der Waals surface area (Å²) < 4.78 is 0. The van der Waals surface area contributed by atoms with E-state index in [-0.39, 0.29) is 5.48 Å². The molecule has 0 amide bonds. The molecule has 0 fully saturated rings. The summed E-state index contributed by atoms with van der Waals surface area (Å²) in [5, 5.41) is 104. The molecule has 8 atom stereocenters.